The smallest absolute Gasteiger partial charge is 0.266 e. The monoisotopic (exact) mass is 464 g/mol. The van der Waals surface area contributed by atoms with Crippen LogP contribution in [0.2, 0.25) is 5.02 Å². The Morgan fingerprint density at radius 3 is 2.64 bits per heavy atom. The van der Waals surface area contributed by atoms with E-state index in [2.05, 4.69) is 5.32 Å². The zero-order valence-electron chi connectivity index (χ0n) is 18.4. The second-order valence-corrected chi connectivity index (χ2v) is 7.76. The Hall–Kier alpha value is -3.82. The van der Waals surface area contributed by atoms with Gasteiger partial charge in [0.2, 0.25) is 0 Å². The van der Waals surface area contributed by atoms with Gasteiger partial charge < -0.3 is 14.8 Å². The SMILES string of the molecule is COc1cc(/C=C(\C#N)C(=O)Nc2cc(C)ccc2C)cc(Cl)c1OCc1ccccc1F. The van der Waals surface area contributed by atoms with E-state index in [1.165, 1.54) is 19.3 Å². The molecule has 0 aromatic heterocycles. The Kier molecular flexibility index (Phi) is 7.70. The standard InChI is InChI=1S/C26H22ClFN2O3/c1-16-8-9-17(2)23(10-16)30-26(31)20(14-29)11-18-12-21(27)25(24(13-18)32-3)33-15-19-6-4-5-7-22(19)28/h4-13H,15H2,1-3H3,(H,30,31)/b20-11+. The summed E-state index contributed by atoms with van der Waals surface area (Å²) < 4.78 is 25.0. The number of ether oxygens (including phenoxy) is 2. The van der Waals surface area contributed by atoms with Crippen molar-refractivity contribution in [2.75, 3.05) is 12.4 Å². The molecule has 33 heavy (non-hydrogen) atoms. The molecule has 0 aliphatic carbocycles. The lowest BCUT2D eigenvalue weighted by atomic mass is 10.1. The maximum atomic E-state index is 13.9. The van der Waals surface area contributed by atoms with Gasteiger partial charge in [-0.1, -0.05) is 41.9 Å². The molecule has 0 aliphatic heterocycles. The van der Waals surface area contributed by atoms with Crippen molar-refractivity contribution in [3.05, 3.63) is 93.3 Å². The number of benzene rings is 3. The molecule has 168 valence electrons. The number of carbonyl (C=O) groups is 1. The van der Waals surface area contributed by atoms with Gasteiger partial charge in [0, 0.05) is 11.3 Å². The molecule has 0 heterocycles. The second-order valence-electron chi connectivity index (χ2n) is 7.36. The van der Waals surface area contributed by atoms with Gasteiger partial charge in [-0.2, -0.15) is 5.26 Å². The molecule has 3 aromatic rings. The minimum absolute atomic E-state index is 0.0420. The van der Waals surface area contributed by atoms with Crippen molar-refractivity contribution in [2.24, 2.45) is 0 Å². The molecule has 1 N–H and O–H groups in total. The molecule has 0 unspecified atom stereocenters. The van der Waals surface area contributed by atoms with Gasteiger partial charge in [-0.3, -0.25) is 4.79 Å². The zero-order valence-corrected chi connectivity index (χ0v) is 19.2. The predicted octanol–water partition coefficient (Wildman–Crippen LogP) is 6.23. The summed E-state index contributed by atoms with van der Waals surface area (Å²) in [5, 5.41) is 12.5. The van der Waals surface area contributed by atoms with Gasteiger partial charge >= 0.3 is 0 Å². The molecule has 0 fully saturated rings. The molecule has 0 radical (unpaired) electrons. The third-order valence-electron chi connectivity index (χ3n) is 4.90. The van der Waals surface area contributed by atoms with E-state index in [0.29, 0.717) is 16.8 Å². The van der Waals surface area contributed by atoms with E-state index >= 15 is 0 Å². The van der Waals surface area contributed by atoms with Crippen LogP contribution >= 0.6 is 11.6 Å². The maximum Gasteiger partial charge on any atom is 0.266 e. The van der Waals surface area contributed by atoms with E-state index in [-0.39, 0.29) is 34.5 Å². The summed E-state index contributed by atoms with van der Waals surface area (Å²) in [6, 6.07) is 17.0. The van der Waals surface area contributed by atoms with Crippen LogP contribution in [0, 0.1) is 31.0 Å². The Morgan fingerprint density at radius 2 is 1.94 bits per heavy atom. The average Bonchev–Trinajstić information content (AvgIpc) is 2.79. The Balaban J connectivity index is 1.85. The highest BCUT2D eigenvalue weighted by molar-refractivity contribution is 6.32. The first kappa shape index (κ1) is 23.8. The largest absolute Gasteiger partial charge is 0.493 e. The van der Waals surface area contributed by atoms with Crippen molar-refractivity contribution in [2.45, 2.75) is 20.5 Å². The van der Waals surface area contributed by atoms with Gasteiger partial charge in [-0.25, -0.2) is 4.39 Å². The van der Waals surface area contributed by atoms with E-state index < -0.39 is 5.91 Å². The number of methoxy groups -OCH3 is 1. The third kappa shape index (κ3) is 5.91. The van der Waals surface area contributed by atoms with Crippen LogP contribution in [0.15, 0.2) is 60.2 Å². The van der Waals surface area contributed by atoms with Gasteiger partial charge in [-0.05, 0) is 60.9 Å². The number of carbonyl (C=O) groups excluding carboxylic acids is 1. The topological polar surface area (TPSA) is 71.3 Å². The van der Waals surface area contributed by atoms with Crippen LogP contribution in [-0.2, 0) is 11.4 Å². The Morgan fingerprint density at radius 1 is 1.18 bits per heavy atom. The molecular formula is C26H22ClFN2O3. The van der Waals surface area contributed by atoms with Gasteiger partial charge in [0.05, 0.1) is 12.1 Å². The first-order chi connectivity index (χ1) is 15.8. The summed E-state index contributed by atoms with van der Waals surface area (Å²) in [6.07, 6.45) is 1.41. The van der Waals surface area contributed by atoms with Gasteiger partial charge in [0.25, 0.3) is 5.91 Å². The number of nitrogens with zero attached hydrogens (tertiary/aromatic N) is 1. The number of hydrogen-bond donors (Lipinski definition) is 1. The molecule has 0 bridgehead atoms. The van der Waals surface area contributed by atoms with E-state index in [4.69, 9.17) is 21.1 Å². The summed E-state index contributed by atoms with van der Waals surface area (Å²) in [5.74, 6) is -0.405. The number of anilines is 1. The minimum atomic E-state index is -0.541. The van der Waals surface area contributed by atoms with Crippen LogP contribution in [0.25, 0.3) is 6.08 Å². The Labute approximate surface area is 197 Å². The number of aryl methyl sites for hydroxylation is 2. The molecule has 7 heteroatoms. The van der Waals surface area contributed by atoms with Crippen LogP contribution in [0.5, 0.6) is 11.5 Å². The van der Waals surface area contributed by atoms with Gasteiger partial charge in [-0.15, -0.1) is 0 Å². The first-order valence-electron chi connectivity index (χ1n) is 10.1. The summed E-state index contributed by atoms with van der Waals surface area (Å²) >= 11 is 6.38. The number of rotatable bonds is 7. The fourth-order valence-electron chi connectivity index (χ4n) is 3.10. The molecule has 3 aromatic carbocycles. The average molecular weight is 465 g/mol. The first-order valence-corrected chi connectivity index (χ1v) is 10.4. The van der Waals surface area contributed by atoms with Crippen molar-refractivity contribution in [3.63, 3.8) is 0 Å². The minimum Gasteiger partial charge on any atom is -0.493 e. The van der Waals surface area contributed by atoms with Crippen LogP contribution in [0.4, 0.5) is 10.1 Å². The number of nitriles is 1. The van der Waals surface area contributed by atoms with Gasteiger partial charge in [0.1, 0.15) is 24.1 Å². The van der Waals surface area contributed by atoms with Crippen molar-refractivity contribution >= 4 is 29.3 Å². The molecule has 0 saturated heterocycles. The lowest BCUT2D eigenvalue weighted by Gasteiger charge is -2.14. The Bertz CT molecular complexity index is 1260. The summed E-state index contributed by atoms with van der Waals surface area (Å²) in [5.41, 5.74) is 3.24. The van der Waals surface area contributed by atoms with E-state index in [1.54, 1.807) is 30.3 Å². The summed E-state index contributed by atoms with van der Waals surface area (Å²) in [6.45, 7) is 3.75. The molecule has 3 rings (SSSR count). The predicted molar refractivity (Wildman–Crippen MR) is 127 cm³/mol. The highest BCUT2D eigenvalue weighted by Crippen LogP contribution is 2.37. The number of amides is 1. The van der Waals surface area contributed by atoms with Crippen molar-refractivity contribution < 1.29 is 18.7 Å². The van der Waals surface area contributed by atoms with Crippen LogP contribution in [-0.4, -0.2) is 13.0 Å². The van der Waals surface area contributed by atoms with Gasteiger partial charge in [0.15, 0.2) is 11.5 Å². The molecule has 0 aliphatic rings. The van der Waals surface area contributed by atoms with Crippen molar-refractivity contribution in [3.8, 4) is 17.6 Å². The van der Waals surface area contributed by atoms with Crippen LogP contribution < -0.4 is 14.8 Å². The number of hydrogen-bond acceptors (Lipinski definition) is 4. The van der Waals surface area contributed by atoms with Crippen LogP contribution in [0.1, 0.15) is 22.3 Å². The lowest BCUT2D eigenvalue weighted by molar-refractivity contribution is -0.112. The van der Waals surface area contributed by atoms with E-state index in [9.17, 15) is 14.4 Å². The fraction of sp³-hybridized carbons (Fsp3) is 0.154. The normalized spacial score (nSPS) is 11.0. The molecular weight excluding hydrogens is 443 g/mol. The maximum absolute atomic E-state index is 13.9. The van der Waals surface area contributed by atoms with Crippen LogP contribution in [0.3, 0.4) is 0 Å². The van der Waals surface area contributed by atoms with Crippen molar-refractivity contribution in [1.82, 2.24) is 0 Å². The number of halogens is 2. The molecule has 0 saturated carbocycles. The summed E-state index contributed by atoms with van der Waals surface area (Å²) in [7, 11) is 1.44. The fourth-order valence-corrected chi connectivity index (χ4v) is 3.38. The van der Waals surface area contributed by atoms with E-state index in [0.717, 1.165) is 11.1 Å². The lowest BCUT2D eigenvalue weighted by Crippen LogP contribution is -2.14. The third-order valence-corrected chi connectivity index (χ3v) is 5.18. The van der Waals surface area contributed by atoms with E-state index in [1.807, 2.05) is 38.1 Å². The molecule has 0 spiro atoms. The molecule has 5 nitrogen and oxygen atoms in total. The summed E-state index contributed by atoms with van der Waals surface area (Å²) in [4.78, 5) is 12.7. The molecule has 1 amide bonds. The highest BCUT2D eigenvalue weighted by Gasteiger charge is 2.15. The quantitative estimate of drug-likeness (QED) is 0.332. The van der Waals surface area contributed by atoms with Crippen molar-refractivity contribution in [1.29, 1.82) is 5.26 Å². The highest BCUT2D eigenvalue weighted by atomic mass is 35.5. The number of nitrogens with one attached hydrogen (secondary N) is 1. The zero-order chi connectivity index (χ0) is 24.0. The molecule has 0 atom stereocenters. The second kappa shape index (κ2) is 10.7.